The first-order chi connectivity index (χ1) is 15.7. The van der Waals surface area contributed by atoms with E-state index in [1.165, 1.54) is 43.0 Å². The summed E-state index contributed by atoms with van der Waals surface area (Å²) in [5.41, 5.74) is 9.11. The molecule has 1 aromatic carbocycles. The molecule has 0 radical (unpaired) electrons. The van der Waals surface area contributed by atoms with Crippen LogP contribution < -0.4 is 10.5 Å². The first kappa shape index (κ1) is 19.5. The minimum Gasteiger partial charge on any atom is -0.491 e. The smallest absolute Gasteiger partial charge is 0.147 e. The van der Waals surface area contributed by atoms with E-state index in [2.05, 4.69) is 22.1 Å². The number of rotatable bonds is 5. The molecule has 1 aliphatic heterocycles. The van der Waals surface area contributed by atoms with Gasteiger partial charge in [0.15, 0.2) is 0 Å². The Hall–Kier alpha value is -3.19. The quantitative estimate of drug-likeness (QED) is 0.482. The van der Waals surface area contributed by atoms with Gasteiger partial charge in [0.1, 0.15) is 36.4 Å². The molecule has 1 saturated carbocycles. The fraction of sp³-hybridized carbons (Fsp3) is 0.400. The highest BCUT2D eigenvalue weighted by Crippen LogP contribution is 2.35. The molecule has 1 aliphatic carbocycles. The van der Waals surface area contributed by atoms with Crippen molar-refractivity contribution in [3.8, 4) is 5.75 Å². The average Bonchev–Trinajstić information content (AvgIpc) is 3.58. The summed E-state index contributed by atoms with van der Waals surface area (Å²) in [4.78, 5) is 13.1. The van der Waals surface area contributed by atoms with Crippen LogP contribution in [0.25, 0.3) is 21.9 Å². The second-order valence-corrected chi connectivity index (χ2v) is 8.92. The molecule has 164 valence electrons. The maximum absolute atomic E-state index is 6.26. The summed E-state index contributed by atoms with van der Waals surface area (Å²) in [7, 11) is 0. The van der Waals surface area contributed by atoms with Crippen LogP contribution in [0.3, 0.4) is 0 Å². The standard InChI is InChI=1S/C25H27N5O2/c26-24-21-9-10-30(25(21)29-15-28-24)23-8-7-20(32-23)14-31-19-6-5-17-11-18(13-27-22(17)12-19)16-3-1-2-4-16/h5-6,9-13,15-16,20,23H,1-4,7-8,14H2,(H2,26,28,29). The van der Waals surface area contributed by atoms with Crippen LogP contribution in [-0.4, -0.2) is 32.2 Å². The minimum atomic E-state index is -0.0670. The number of ether oxygens (including phenoxy) is 2. The average molecular weight is 430 g/mol. The van der Waals surface area contributed by atoms with Crippen LogP contribution in [0, 0.1) is 0 Å². The van der Waals surface area contributed by atoms with Crippen molar-refractivity contribution in [3.05, 3.63) is 54.6 Å². The Morgan fingerprint density at radius 3 is 2.84 bits per heavy atom. The number of benzene rings is 1. The van der Waals surface area contributed by atoms with E-state index in [0.29, 0.717) is 18.3 Å². The first-order valence-corrected chi connectivity index (χ1v) is 11.5. The maximum Gasteiger partial charge on any atom is 0.147 e. The van der Waals surface area contributed by atoms with Gasteiger partial charge in [-0.2, -0.15) is 0 Å². The predicted molar refractivity (Wildman–Crippen MR) is 124 cm³/mol. The summed E-state index contributed by atoms with van der Waals surface area (Å²) in [5.74, 6) is 2.00. The highest BCUT2D eigenvalue weighted by Gasteiger charge is 2.28. The van der Waals surface area contributed by atoms with Crippen LogP contribution in [0.5, 0.6) is 5.75 Å². The van der Waals surface area contributed by atoms with Gasteiger partial charge in [-0.1, -0.05) is 12.8 Å². The van der Waals surface area contributed by atoms with Crippen molar-refractivity contribution in [2.45, 2.75) is 56.8 Å². The number of nitrogens with two attached hydrogens (primary N) is 1. The molecule has 4 heterocycles. The van der Waals surface area contributed by atoms with Crippen LogP contribution in [0.4, 0.5) is 5.82 Å². The summed E-state index contributed by atoms with van der Waals surface area (Å²) in [5, 5.41) is 2.04. The first-order valence-electron chi connectivity index (χ1n) is 11.5. The second kappa shape index (κ2) is 8.06. The zero-order chi connectivity index (χ0) is 21.5. The number of pyridine rings is 1. The lowest BCUT2D eigenvalue weighted by Crippen LogP contribution is -2.18. The van der Waals surface area contributed by atoms with Gasteiger partial charge in [0.2, 0.25) is 0 Å². The lowest BCUT2D eigenvalue weighted by atomic mass is 9.98. The molecule has 7 nitrogen and oxygen atoms in total. The van der Waals surface area contributed by atoms with E-state index in [1.807, 2.05) is 35.2 Å². The third-order valence-electron chi connectivity index (χ3n) is 6.87. The molecular weight excluding hydrogens is 402 g/mol. The van der Waals surface area contributed by atoms with E-state index in [9.17, 15) is 0 Å². The maximum atomic E-state index is 6.26. The predicted octanol–water partition coefficient (Wildman–Crippen LogP) is 4.98. The highest BCUT2D eigenvalue weighted by atomic mass is 16.6. The zero-order valence-corrected chi connectivity index (χ0v) is 18.0. The summed E-state index contributed by atoms with van der Waals surface area (Å²) in [6.45, 7) is 0.512. The number of aromatic nitrogens is 4. The molecule has 0 bridgehead atoms. The van der Waals surface area contributed by atoms with Gasteiger partial charge in [-0.15, -0.1) is 0 Å². The van der Waals surface area contributed by atoms with Crippen LogP contribution in [0.2, 0.25) is 0 Å². The van der Waals surface area contributed by atoms with Crippen LogP contribution in [0.1, 0.15) is 56.2 Å². The lowest BCUT2D eigenvalue weighted by Gasteiger charge is -2.16. The molecule has 4 aromatic rings. The van der Waals surface area contributed by atoms with Crippen molar-refractivity contribution in [1.82, 2.24) is 19.5 Å². The van der Waals surface area contributed by atoms with Gasteiger partial charge in [-0.3, -0.25) is 4.98 Å². The number of hydrogen-bond donors (Lipinski definition) is 1. The molecule has 0 spiro atoms. The largest absolute Gasteiger partial charge is 0.491 e. The van der Waals surface area contributed by atoms with Crippen molar-refractivity contribution in [2.24, 2.45) is 0 Å². The Morgan fingerprint density at radius 2 is 1.94 bits per heavy atom. The van der Waals surface area contributed by atoms with Crippen LogP contribution in [0.15, 0.2) is 49.1 Å². The minimum absolute atomic E-state index is 0.0324. The molecule has 0 amide bonds. The van der Waals surface area contributed by atoms with Crippen molar-refractivity contribution >= 4 is 27.8 Å². The number of anilines is 1. The number of nitrogens with zero attached hydrogens (tertiary/aromatic N) is 4. The third kappa shape index (κ3) is 3.56. The molecule has 2 aliphatic rings. The van der Waals surface area contributed by atoms with Crippen molar-refractivity contribution < 1.29 is 9.47 Å². The zero-order valence-electron chi connectivity index (χ0n) is 18.0. The molecule has 32 heavy (non-hydrogen) atoms. The fourth-order valence-electron chi connectivity index (χ4n) is 5.12. The van der Waals surface area contributed by atoms with Gasteiger partial charge in [0.05, 0.1) is 17.0 Å². The van der Waals surface area contributed by atoms with Crippen molar-refractivity contribution in [1.29, 1.82) is 0 Å². The van der Waals surface area contributed by atoms with Gasteiger partial charge in [-0.05, 0) is 61.4 Å². The molecule has 2 unspecified atom stereocenters. The molecule has 2 atom stereocenters. The Morgan fingerprint density at radius 1 is 1.03 bits per heavy atom. The molecule has 2 N–H and O–H groups in total. The van der Waals surface area contributed by atoms with Crippen LogP contribution in [-0.2, 0) is 4.74 Å². The monoisotopic (exact) mass is 429 g/mol. The normalized spacial score (nSPS) is 21.6. The SMILES string of the molecule is Nc1ncnc2c1ccn2C1CCC(COc2ccc3cc(C4CCCC4)cnc3c2)O1. The van der Waals surface area contributed by atoms with E-state index in [0.717, 1.165) is 35.1 Å². The molecular formula is C25H27N5O2. The number of nitrogen functional groups attached to an aromatic ring is 1. The van der Waals surface area contributed by atoms with Crippen molar-refractivity contribution in [2.75, 3.05) is 12.3 Å². The summed E-state index contributed by atoms with van der Waals surface area (Å²) < 4.78 is 14.4. The van der Waals surface area contributed by atoms with E-state index in [-0.39, 0.29) is 12.3 Å². The molecule has 6 rings (SSSR count). The Labute approximate surface area is 186 Å². The van der Waals surface area contributed by atoms with E-state index >= 15 is 0 Å². The highest BCUT2D eigenvalue weighted by molar-refractivity contribution is 5.86. The Kier molecular flexibility index (Phi) is 4.91. The van der Waals surface area contributed by atoms with Crippen molar-refractivity contribution in [3.63, 3.8) is 0 Å². The number of hydrogen-bond acceptors (Lipinski definition) is 6. The van der Waals surface area contributed by atoms with Gasteiger partial charge in [0, 0.05) is 23.8 Å². The molecule has 2 fully saturated rings. The van der Waals surface area contributed by atoms with Crippen LogP contribution >= 0.6 is 0 Å². The van der Waals surface area contributed by atoms with Gasteiger partial charge in [-0.25, -0.2) is 9.97 Å². The van der Waals surface area contributed by atoms with Gasteiger partial charge >= 0.3 is 0 Å². The van der Waals surface area contributed by atoms with Gasteiger partial charge in [0.25, 0.3) is 0 Å². The lowest BCUT2D eigenvalue weighted by molar-refractivity contribution is -0.0156. The topological polar surface area (TPSA) is 88.1 Å². The second-order valence-electron chi connectivity index (χ2n) is 8.92. The Balaban J connectivity index is 1.11. The number of fused-ring (bicyclic) bond motifs is 2. The van der Waals surface area contributed by atoms with E-state index in [1.54, 1.807) is 0 Å². The molecule has 3 aromatic heterocycles. The summed E-state index contributed by atoms with van der Waals surface area (Å²) >= 11 is 0. The summed E-state index contributed by atoms with van der Waals surface area (Å²) in [6.07, 6.45) is 12.6. The Bertz CT molecular complexity index is 1260. The van der Waals surface area contributed by atoms with Gasteiger partial charge < -0.3 is 19.8 Å². The van der Waals surface area contributed by atoms with E-state index in [4.69, 9.17) is 20.2 Å². The molecule has 7 heteroatoms. The third-order valence-corrected chi connectivity index (χ3v) is 6.87. The summed E-state index contributed by atoms with van der Waals surface area (Å²) in [6, 6.07) is 10.4. The van der Waals surface area contributed by atoms with E-state index < -0.39 is 0 Å². The molecule has 1 saturated heterocycles. The fourth-order valence-corrected chi connectivity index (χ4v) is 5.12.